The van der Waals surface area contributed by atoms with Crippen LogP contribution in [0.5, 0.6) is 0 Å². The molecule has 1 saturated heterocycles. The van der Waals surface area contributed by atoms with Crippen LogP contribution in [-0.2, 0) is 31.6 Å². The van der Waals surface area contributed by atoms with Crippen molar-refractivity contribution in [2.75, 3.05) is 18.1 Å². The minimum atomic E-state index is -5.75. The molecular weight excluding hydrogens is 764 g/mol. The van der Waals surface area contributed by atoms with E-state index in [2.05, 4.69) is 28.1 Å². The maximum atomic E-state index is 15.9. The molecule has 0 radical (unpaired) electrons. The molecule has 0 spiro atoms. The quantitative estimate of drug-likeness (QED) is 0.0680. The fraction of sp³-hybridized carbons (Fsp3) is 0.167. The number of benzene rings is 3. The van der Waals surface area contributed by atoms with Gasteiger partial charge in [0.15, 0.2) is 5.58 Å². The summed E-state index contributed by atoms with van der Waals surface area (Å²) in [5.41, 5.74) is 16.5. The molecule has 2 unspecified atom stereocenters. The highest BCUT2D eigenvalue weighted by atomic mass is 31.3. The first-order chi connectivity index (χ1) is 25.0. The first-order valence-corrected chi connectivity index (χ1v) is 19.8. The molecule has 23 heteroatoms. The number of aromatic nitrogens is 4. The van der Waals surface area contributed by atoms with Crippen LogP contribution in [0.1, 0.15) is 12.6 Å². The van der Waals surface area contributed by atoms with Gasteiger partial charge >= 0.3 is 23.5 Å². The van der Waals surface area contributed by atoms with Crippen molar-refractivity contribution >= 4 is 57.1 Å². The second-order valence-corrected chi connectivity index (χ2v) is 16.2. The molecule has 278 valence electrons. The van der Waals surface area contributed by atoms with E-state index in [1.165, 1.54) is 23.2 Å². The predicted octanol–water partition coefficient (Wildman–Crippen LogP) is 4.87. The van der Waals surface area contributed by atoms with Gasteiger partial charge in [-0.1, -0.05) is 24.3 Å². The number of fused-ring (bicyclic) bond motifs is 2. The summed E-state index contributed by atoms with van der Waals surface area (Å²) >= 11 is 0. The molecule has 19 nitrogen and oxygen atoms in total. The van der Waals surface area contributed by atoms with E-state index in [4.69, 9.17) is 30.4 Å². The van der Waals surface area contributed by atoms with Crippen LogP contribution in [0.4, 0.5) is 15.9 Å². The van der Waals surface area contributed by atoms with Crippen LogP contribution < -0.4 is 11.5 Å². The van der Waals surface area contributed by atoms with Crippen molar-refractivity contribution in [2.24, 2.45) is 0 Å². The Morgan fingerprint density at radius 3 is 2.32 bits per heavy atom. The third-order valence-corrected chi connectivity index (χ3v) is 11.9. The molecule has 7 rings (SSSR count). The number of anilines is 2. The number of phosphoric ester groups is 1. The second-order valence-electron chi connectivity index (χ2n) is 11.7. The number of ether oxygens (including phenoxy) is 1. The molecule has 0 bridgehead atoms. The smallest absolute Gasteiger partial charge is 0.436 e. The van der Waals surface area contributed by atoms with Gasteiger partial charge in [-0.15, -0.1) is 0 Å². The summed E-state index contributed by atoms with van der Waals surface area (Å²) in [6.45, 7) is -0.883. The van der Waals surface area contributed by atoms with Gasteiger partial charge in [0.1, 0.15) is 41.5 Å². The zero-order valence-electron chi connectivity index (χ0n) is 26.7. The van der Waals surface area contributed by atoms with E-state index in [1.54, 1.807) is 54.6 Å². The number of oxazole rings is 1. The van der Waals surface area contributed by atoms with E-state index in [0.717, 1.165) is 0 Å². The average molecular weight is 793 g/mol. The van der Waals surface area contributed by atoms with Crippen LogP contribution in [0, 0.1) is 5.82 Å². The van der Waals surface area contributed by atoms with Gasteiger partial charge in [-0.05, 0) is 47.5 Å². The molecule has 5 atom stereocenters. The highest BCUT2D eigenvalue weighted by Gasteiger charge is 2.43. The van der Waals surface area contributed by atoms with E-state index < -0.39 is 54.3 Å². The summed E-state index contributed by atoms with van der Waals surface area (Å²) in [6.07, 6.45) is -1.13. The van der Waals surface area contributed by atoms with Crippen LogP contribution in [-0.4, -0.2) is 63.0 Å². The van der Waals surface area contributed by atoms with Crippen molar-refractivity contribution in [1.29, 1.82) is 0 Å². The topological polar surface area (TPSA) is 298 Å². The summed E-state index contributed by atoms with van der Waals surface area (Å²) in [5.74, 6) is -0.182. The number of aliphatic hydroxyl groups is 1. The largest absolute Gasteiger partial charge is 0.490 e. The fourth-order valence-electron chi connectivity index (χ4n) is 5.83. The molecule has 0 amide bonds. The number of nitrogens with zero attached hydrogens (tertiary/aromatic N) is 4. The van der Waals surface area contributed by atoms with Crippen LogP contribution in [0.25, 0.3) is 55.8 Å². The zero-order chi connectivity index (χ0) is 37.9. The van der Waals surface area contributed by atoms with Crippen molar-refractivity contribution < 1.29 is 65.1 Å². The summed E-state index contributed by atoms with van der Waals surface area (Å²) in [7, 11) is -16.8. The van der Waals surface area contributed by atoms with Crippen LogP contribution in [0.3, 0.4) is 0 Å². The Kier molecular flexibility index (Phi) is 9.61. The van der Waals surface area contributed by atoms with Gasteiger partial charge in [0, 0.05) is 35.0 Å². The van der Waals surface area contributed by atoms with Gasteiger partial charge < -0.3 is 49.9 Å². The number of hydrogen-bond donors (Lipinski definition) is 7. The second kappa shape index (κ2) is 13.8. The molecule has 4 heterocycles. The van der Waals surface area contributed by atoms with Gasteiger partial charge in [-0.3, -0.25) is 4.52 Å². The van der Waals surface area contributed by atoms with Gasteiger partial charge in [0.2, 0.25) is 5.89 Å². The minimum absolute atomic E-state index is 0.0208. The van der Waals surface area contributed by atoms with Gasteiger partial charge in [0.25, 0.3) is 0 Å². The van der Waals surface area contributed by atoms with E-state index >= 15 is 4.39 Å². The van der Waals surface area contributed by atoms with Crippen molar-refractivity contribution in [3.63, 3.8) is 0 Å². The number of hydrogen-bond acceptors (Lipinski definition) is 14. The van der Waals surface area contributed by atoms with Crippen molar-refractivity contribution in [3.05, 3.63) is 79.0 Å². The number of halogens is 1. The number of nitrogen functional groups attached to an aromatic ring is 2. The zero-order valence-corrected chi connectivity index (χ0v) is 29.4. The van der Waals surface area contributed by atoms with E-state index in [9.17, 15) is 28.6 Å². The highest BCUT2D eigenvalue weighted by molar-refractivity contribution is 7.66. The number of aliphatic hydroxyl groups excluding tert-OH is 1. The highest BCUT2D eigenvalue weighted by Crippen LogP contribution is 2.66. The van der Waals surface area contributed by atoms with Crippen LogP contribution in [0.15, 0.2) is 77.6 Å². The lowest BCUT2D eigenvalue weighted by Crippen LogP contribution is -2.26. The SMILES string of the molecule is Nc1ccc2oc(-c3ccc(-c4ccc(-c5cn([C@H]6C[C@H](O)[C@@H](COP(=O)(O)OP(=O)(O)OP(=O)(O)O)O6)c6ncnc(N)c56)c(F)c4)cc3)nc2c1. The number of nitrogens with two attached hydrogens (primary N) is 2. The Hall–Kier alpha value is -4.39. The van der Waals surface area contributed by atoms with Crippen molar-refractivity contribution in [1.82, 2.24) is 19.5 Å². The summed E-state index contributed by atoms with van der Waals surface area (Å²) in [5, 5.41) is 10.9. The molecule has 3 aromatic heterocycles. The molecule has 6 aromatic rings. The van der Waals surface area contributed by atoms with Gasteiger partial charge in [-0.2, -0.15) is 8.62 Å². The Bertz CT molecular complexity index is 2510. The molecule has 3 aromatic carbocycles. The lowest BCUT2D eigenvalue weighted by molar-refractivity contribution is -0.0421. The molecule has 9 N–H and O–H groups in total. The maximum Gasteiger partial charge on any atom is 0.490 e. The lowest BCUT2D eigenvalue weighted by Gasteiger charge is -2.19. The summed E-state index contributed by atoms with van der Waals surface area (Å²) in [6, 6.07) is 17.0. The molecule has 1 fully saturated rings. The van der Waals surface area contributed by atoms with E-state index in [-0.39, 0.29) is 28.8 Å². The van der Waals surface area contributed by atoms with Crippen molar-refractivity contribution in [2.45, 2.75) is 24.9 Å². The summed E-state index contributed by atoms with van der Waals surface area (Å²) in [4.78, 5) is 49.4. The minimum Gasteiger partial charge on any atom is -0.436 e. The Labute approximate surface area is 297 Å². The molecule has 53 heavy (non-hydrogen) atoms. The number of phosphoric acid groups is 3. The third kappa shape index (κ3) is 7.95. The lowest BCUT2D eigenvalue weighted by atomic mass is 9.99. The molecule has 1 aliphatic rings. The standard InChI is InChI=1S/C30H28FN6O13P3/c31-21-9-17(15-1-3-16(4-2-15)30-36-22-10-18(32)6-8-24(22)48-30)5-7-19(21)20-12-37(29-27(20)28(33)34-14-35-29)26-11-23(38)25(47-26)13-46-52(42,43)50-53(44,45)49-51(39,40)41/h1-10,12,14,23,25-26,38H,11,13,32H2,(H,42,43)(H,44,45)(H2,33,34,35)(H2,39,40,41)/t23-,25+,26+/m0/s1. The van der Waals surface area contributed by atoms with Gasteiger partial charge in [0.05, 0.1) is 18.1 Å². The third-order valence-electron chi connectivity index (χ3n) is 8.11. The first-order valence-electron chi connectivity index (χ1n) is 15.2. The van der Waals surface area contributed by atoms with Gasteiger partial charge in [-0.25, -0.2) is 33.0 Å². The Morgan fingerprint density at radius 1 is 0.887 bits per heavy atom. The number of rotatable bonds is 11. The normalized spacial score (nSPS) is 20.2. The van der Waals surface area contributed by atoms with Crippen LogP contribution in [0.2, 0.25) is 0 Å². The predicted molar refractivity (Wildman–Crippen MR) is 185 cm³/mol. The Morgan fingerprint density at radius 2 is 1.60 bits per heavy atom. The molecule has 1 aliphatic heterocycles. The molecule has 0 saturated carbocycles. The van der Waals surface area contributed by atoms with Crippen molar-refractivity contribution in [3.8, 4) is 33.7 Å². The monoisotopic (exact) mass is 792 g/mol. The first kappa shape index (κ1) is 36.9. The fourth-order valence-corrected chi connectivity index (χ4v) is 8.86. The van der Waals surface area contributed by atoms with E-state index in [1.807, 2.05) is 0 Å². The average Bonchev–Trinajstić information content (AvgIpc) is 3.77. The Balaban J connectivity index is 1.10. The molecule has 0 aliphatic carbocycles. The summed E-state index contributed by atoms with van der Waals surface area (Å²) < 4.78 is 75.8. The maximum absolute atomic E-state index is 15.9. The molecular formula is C30H28FN6O13P3. The van der Waals surface area contributed by atoms with E-state index in [0.29, 0.717) is 44.9 Å². The van der Waals surface area contributed by atoms with Crippen LogP contribution >= 0.6 is 23.5 Å².